The highest BCUT2D eigenvalue weighted by molar-refractivity contribution is 7.93. The molecule has 0 aromatic carbocycles. The molecule has 0 atom stereocenters. The first-order valence-corrected chi connectivity index (χ1v) is 7.61. The summed E-state index contributed by atoms with van der Waals surface area (Å²) in [5.74, 6) is 0. The van der Waals surface area contributed by atoms with Crippen LogP contribution in [0.3, 0.4) is 0 Å². The number of pyridine rings is 1. The van der Waals surface area contributed by atoms with Gasteiger partial charge in [0.25, 0.3) is 10.0 Å². The normalized spacial score (nSPS) is 11.4. The van der Waals surface area contributed by atoms with Gasteiger partial charge in [-0.3, -0.25) is 9.71 Å². The van der Waals surface area contributed by atoms with Gasteiger partial charge in [-0.25, -0.2) is 8.42 Å². The zero-order valence-electron chi connectivity index (χ0n) is 9.75. The minimum absolute atomic E-state index is 0.210. The summed E-state index contributed by atoms with van der Waals surface area (Å²) in [6, 6.07) is 3.32. The van der Waals surface area contributed by atoms with Gasteiger partial charge in [-0.2, -0.15) is 0 Å². The molecule has 0 aliphatic rings. The largest absolute Gasteiger partial charge is 0.326 e. The van der Waals surface area contributed by atoms with E-state index in [4.69, 9.17) is 5.73 Å². The monoisotopic (exact) mass is 283 g/mol. The van der Waals surface area contributed by atoms with Crippen LogP contribution >= 0.6 is 11.3 Å². The second-order valence-electron chi connectivity index (χ2n) is 3.72. The number of anilines is 1. The fraction of sp³-hybridized carbons (Fsp3) is 0.182. The van der Waals surface area contributed by atoms with E-state index in [1.807, 2.05) is 0 Å². The van der Waals surface area contributed by atoms with Crippen LogP contribution in [0.25, 0.3) is 0 Å². The van der Waals surface area contributed by atoms with Crippen molar-refractivity contribution < 1.29 is 8.42 Å². The third-order valence-corrected chi connectivity index (χ3v) is 5.22. The van der Waals surface area contributed by atoms with Crippen molar-refractivity contribution in [3.8, 4) is 0 Å². The van der Waals surface area contributed by atoms with Gasteiger partial charge >= 0.3 is 0 Å². The Labute approximate surface area is 110 Å². The Kier molecular flexibility index (Phi) is 3.65. The molecule has 3 N–H and O–H groups in total. The number of nitrogens with zero attached hydrogens (tertiary/aromatic N) is 1. The lowest BCUT2D eigenvalue weighted by atomic mass is 10.3. The number of aryl methyl sites for hydroxylation is 1. The lowest BCUT2D eigenvalue weighted by Gasteiger charge is -2.09. The number of sulfonamides is 1. The van der Waals surface area contributed by atoms with E-state index in [2.05, 4.69) is 9.71 Å². The van der Waals surface area contributed by atoms with Gasteiger partial charge in [0.05, 0.1) is 11.9 Å². The summed E-state index contributed by atoms with van der Waals surface area (Å²) in [4.78, 5) is 4.80. The van der Waals surface area contributed by atoms with E-state index in [9.17, 15) is 8.42 Å². The molecule has 0 saturated heterocycles. The Morgan fingerprint density at radius 2 is 2.28 bits per heavy atom. The highest BCUT2D eigenvalue weighted by atomic mass is 32.2. The van der Waals surface area contributed by atoms with Crippen LogP contribution in [0.2, 0.25) is 0 Å². The van der Waals surface area contributed by atoms with Gasteiger partial charge in [-0.15, -0.1) is 11.3 Å². The number of thiophene rings is 1. The van der Waals surface area contributed by atoms with E-state index in [0.717, 1.165) is 0 Å². The first-order valence-electron chi connectivity index (χ1n) is 5.24. The van der Waals surface area contributed by atoms with Gasteiger partial charge in [0, 0.05) is 17.6 Å². The van der Waals surface area contributed by atoms with Gasteiger partial charge in [0.1, 0.15) is 4.90 Å². The smallest absolute Gasteiger partial charge is 0.263 e. The maximum Gasteiger partial charge on any atom is 0.263 e. The van der Waals surface area contributed by atoms with Crippen LogP contribution in [0, 0.1) is 6.92 Å². The summed E-state index contributed by atoms with van der Waals surface area (Å²) in [7, 11) is -3.60. The fourth-order valence-corrected chi connectivity index (χ4v) is 4.37. The fourth-order valence-electron chi connectivity index (χ4n) is 1.62. The van der Waals surface area contributed by atoms with Crippen molar-refractivity contribution in [2.75, 3.05) is 4.72 Å². The Morgan fingerprint density at radius 3 is 2.89 bits per heavy atom. The van der Waals surface area contributed by atoms with Crippen LogP contribution in [0.1, 0.15) is 10.4 Å². The standard InChI is InChI=1S/C11H13N3O2S2/c1-8-7-17-10(5-12)11(8)18(15,16)14-9-3-2-4-13-6-9/h2-4,6-7,14H,5,12H2,1H3. The molecule has 7 heteroatoms. The van der Waals surface area contributed by atoms with E-state index in [1.54, 1.807) is 30.6 Å². The molecule has 2 heterocycles. The Bertz CT molecular complexity index is 636. The van der Waals surface area contributed by atoms with Gasteiger partial charge in [-0.1, -0.05) is 0 Å². The number of nitrogens with two attached hydrogens (primary N) is 1. The summed E-state index contributed by atoms with van der Waals surface area (Å²) in [6.45, 7) is 1.97. The highest BCUT2D eigenvalue weighted by Crippen LogP contribution is 2.27. The second kappa shape index (κ2) is 5.05. The van der Waals surface area contributed by atoms with Crippen molar-refractivity contribution >= 4 is 27.0 Å². The average molecular weight is 283 g/mol. The first kappa shape index (κ1) is 13.0. The molecule has 0 spiro atoms. The number of aromatic nitrogens is 1. The zero-order valence-corrected chi connectivity index (χ0v) is 11.4. The molecule has 0 bridgehead atoms. The Balaban J connectivity index is 2.40. The maximum atomic E-state index is 12.3. The van der Waals surface area contributed by atoms with Gasteiger partial charge < -0.3 is 5.73 Å². The van der Waals surface area contributed by atoms with Crippen LogP contribution in [0.4, 0.5) is 5.69 Å². The molecule has 0 radical (unpaired) electrons. The van der Waals surface area contributed by atoms with Gasteiger partial charge in [0.15, 0.2) is 0 Å². The molecule has 0 fully saturated rings. The summed E-state index contributed by atoms with van der Waals surface area (Å²) in [5, 5.41) is 1.79. The van der Waals surface area contributed by atoms with E-state index in [0.29, 0.717) is 16.1 Å². The molecule has 0 saturated carbocycles. The predicted octanol–water partition coefficient (Wildman–Crippen LogP) is 1.71. The molecule has 0 aliphatic heterocycles. The molecular formula is C11H13N3O2S2. The third-order valence-electron chi connectivity index (χ3n) is 2.36. The summed E-state index contributed by atoms with van der Waals surface area (Å²) in [6.07, 6.45) is 3.04. The third kappa shape index (κ3) is 2.53. The first-order chi connectivity index (χ1) is 8.54. The van der Waals surface area contributed by atoms with Crippen molar-refractivity contribution in [2.24, 2.45) is 5.73 Å². The second-order valence-corrected chi connectivity index (χ2v) is 6.31. The molecule has 18 heavy (non-hydrogen) atoms. The molecule has 2 aromatic rings. The van der Waals surface area contributed by atoms with E-state index >= 15 is 0 Å². The molecule has 0 unspecified atom stereocenters. The van der Waals surface area contributed by atoms with Crippen molar-refractivity contribution in [1.29, 1.82) is 0 Å². The van der Waals surface area contributed by atoms with Gasteiger partial charge in [-0.05, 0) is 30.0 Å². The quantitative estimate of drug-likeness (QED) is 0.894. The van der Waals surface area contributed by atoms with Crippen LogP contribution in [0.5, 0.6) is 0 Å². The van der Waals surface area contributed by atoms with E-state index < -0.39 is 10.0 Å². The van der Waals surface area contributed by atoms with Gasteiger partial charge in [0.2, 0.25) is 0 Å². The molecule has 5 nitrogen and oxygen atoms in total. The lowest BCUT2D eigenvalue weighted by Crippen LogP contribution is -2.15. The molecule has 0 amide bonds. The summed E-state index contributed by atoms with van der Waals surface area (Å²) < 4.78 is 27.0. The number of nitrogens with one attached hydrogen (secondary N) is 1. The van der Waals surface area contributed by atoms with Crippen LogP contribution in [-0.4, -0.2) is 13.4 Å². The van der Waals surface area contributed by atoms with E-state index in [1.165, 1.54) is 17.5 Å². The topological polar surface area (TPSA) is 85.1 Å². The predicted molar refractivity (Wildman–Crippen MR) is 72.0 cm³/mol. The summed E-state index contributed by atoms with van der Waals surface area (Å²) in [5.41, 5.74) is 6.70. The zero-order chi connectivity index (χ0) is 13.2. The van der Waals surface area contributed by atoms with Crippen molar-refractivity contribution in [1.82, 2.24) is 4.98 Å². The van der Waals surface area contributed by atoms with Crippen LogP contribution < -0.4 is 10.5 Å². The average Bonchev–Trinajstić information content (AvgIpc) is 2.72. The lowest BCUT2D eigenvalue weighted by molar-refractivity contribution is 0.600. The Morgan fingerprint density at radius 1 is 1.50 bits per heavy atom. The van der Waals surface area contributed by atoms with Crippen molar-refractivity contribution in [2.45, 2.75) is 18.4 Å². The van der Waals surface area contributed by atoms with Crippen molar-refractivity contribution in [3.63, 3.8) is 0 Å². The molecular weight excluding hydrogens is 270 g/mol. The molecule has 2 rings (SSSR count). The number of rotatable bonds is 4. The van der Waals surface area contributed by atoms with E-state index in [-0.39, 0.29) is 11.4 Å². The van der Waals surface area contributed by atoms with Crippen molar-refractivity contribution in [3.05, 3.63) is 40.3 Å². The SMILES string of the molecule is Cc1csc(CN)c1S(=O)(=O)Nc1cccnc1. The summed E-state index contributed by atoms with van der Waals surface area (Å²) >= 11 is 1.35. The molecule has 96 valence electrons. The highest BCUT2D eigenvalue weighted by Gasteiger charge is 2.22. The molecule has 0 aliphatic carbocycles. The van der Waals surface area contributed by atoms with Crippen LogP contribution in [-0.2, 0) is 16.6 Å². The van der Waals surface area contributed by atoms with Crippen LogP contribution in [0.15, 0.2) is 34.8 Å². The minimum Gasteiger partial charge on any atom is -0.326 e. The maximum absolute atomic E-state index is 12.3. The minimum atomic E-state index is -3.60. The Hall–Kier alpha value is -1.44. The number of hydrogen-bond acceptors (Lipinski definition) is 5. The molecule has 2 aromatic heterocycles. The number of hydrogen-bond donors (Lipinski definition) is 2.